The minimum Gasteiger partial charge on any atom is -0.493 e. The van der Waals surface area contributed by atoms with E-state index in [0.29, 0.717) is 18.1 Å². The Morgan fingerprint density at radius 1 is 1.21 bits per heavy atom. The fourth-order valence-electron chi connectivity index (χ4n) is 2.13. The Bertz CT molecular complexity index is 611. The molecule has 0 spiro atoms. The number of ether oxygens (including phenoxy) is 1. The van der Waals surface area contributed by atoms with Crippen molar-refractivity contribution >= 4 is 11.0 Å². The van der Waals surface area contributed by atoms with Crippen LogP contribution in [0.15, 0.2) is 33.5 Å². The molecule has 1 aromatic heterocycles. The average Bonchev–Trinajstić information content (AvgIpc) is 2.37. The Morgan fingerprint density at radius 3 is 2.63 bits per heavy atom. The first-order valence-electron chi connectivity index (χ1n) is 6.80. The molecule has 0 aliphatic carbocycles. The molecule has 0 amide bonds. The molecule has 0 aliphatic heterocycles. The molecule has 0 saturated heterocycles. The van der Waals surface area contributed by atoms with Crippen LogP contribution >= 0.6 is 0 Å². The van der Waals surface area contributed by atoms with E-state index in [9.17, 15) is 4.79 Å². The van der Waals surface area contributed by atoms with Crippen molar-refractivity contribution in [1.82, 2.24) is 0 Å². The number of hydrogen-bond acceptors (Lipinski definition) is 3. The van der Waals surface area contributed by atoms with E-state index in [-0.39, 0.29) is 5.63 Å². The molecule has 0 radical (unpaired) electrons. The number of benzene rings is 1. The van der Waals surface area contributed by atoms with E-state index >= 15 is 0 Å². The zero-order chi connectivity index (χ0) is 13.8. The zero-order valence-corrected chi connectivity index (χ0v) is 11.7. The summed E-state index contributed by atoms with van der Waals surface area (Å²) in [5.74, 6) is 1.42. The van der Waals surface area contributed by atoms with Gasteiger partial charge in [-0.15, -0.1) is 0 Å². The molecule has 2 aromatic rings. The van der Waals surface area contributed by atoms with Crippen molar-refractivity contribution in [2.75, 3.05) is 6.61 Å². The molecule has 0 atom stereocenters. The van der Waals surface area contributed by atoms with Gasteiger partial charge in [0, 0.05) is 17.0 Å². The van der Waals surface area contributed by atoms with Crippen LogP contribution in [0.1, 0.15) is 32.8 Å². The molecule has 0 unspecified atom stereocenters. The van der Waals surface area contributed by atoms with Crippen LogP contribution in [0.25, 0.3) is 11.0 Å². The monoisotopic (exact) mass is 260 g/mol. The molecule has 2 rings (SSSR count). The molecule has 0 N–H and O–H groups in total. The minimum absolute atomic E-state index is 0.313. The van der Waals surface area contributed by atoms with E-state index in [1.807, 2.05) is 19.1 Å². The maximum Gasteiger partial charge on any atom is 0.336 e. The first kappa shape index (κ1) is 13.7. The lowest BCUT2D eigenvalue weighted by Crippen LogP contribution is -2.02. The molecule has 3 heteroatoms. The molecule has 1 heterocycles. The predicted molar refractivity (Wildman–Crippen MR) is 76.8 cm³/mol. The highest BCUT2D eigenvalue weighted by Gasteiger charge is 2.12. The molecule has 0 saturated carbocycles. The van der Waals surface area contributed by atoms with Crippen molar-refractivity contribution in [3.05, 3.63) is 40.2 Å². The van der Waals surface area contributed by atoms with E-state index < -0.39 is 0 Å². The van der Waals surface area contributed by atoms with Gasteiger partial charge in [0.2, 0.25) is 0 Å². The van der Waals surface area contributed by atoms with Gasteiger partial charge in [0.1, 0.15) is 11.3 Å². The topological polar surface area (TPSA) is 39.4 Å². The lowest BCUT2D eigenvalue weighted by Gasteiger charge is -2.13. The highest BCUT2D eigenvalue weighted by molar-refractivity contribution is 5.82. The quantitative estimate of drug-likeness (QED) is 0.768. The first-order chi connectivity index (χ1) is 9.11. The third-order valence-electron chi connectivity index (χ3n) is 3.12. The van der Waals surface area contributed by atoms with E-state index in [4.69, 9.17) is 9.15 Å². The maximum atomic E-state index is 11.4. The van der Waals surface area contributed by atoms with Crippen molar-refractivity contribution in [3.63, 3.8) is 0 Å². The lowest BCUT2D eigenvalue weighted by molar-refractivity contribution is 0.335. The van der Waals surface area contributed by atoms with E-state index in [1.54, 1.807) is 6.07 Å². The van der Waals surface area contributed by atoms with E-state index in [1.165, 1.54) is 6.07 Å². The summed E-state index contributed by atoms with van der Waals surface area (Å²) in [4.78, 5) is 11.4. The Labute approximate surface area is 113 Å². The average molecular weight is 260 g/mol. The largest absolute Gasteiger partial charge is 0.493 e. The normalized spacial score (nSPS) is 11.2. The van der Waals surface area contributed by atoms with Crippen LogP contribution < -0.4 is 10.4 Å². The molecular formula is C16H20O3. The van der Waals surface area contributed by atoms with E-state index in [2.05, 4.69) is 13.8 Å². The van der Waals surface area contributed by atoms with Crippen molar-refractivity contribution in [1.29, 1.82) is 0 Å². The van der Waals surface area contributed by atoms with Gasteiger partial charge >= 0.3 is 5.63 Å². The molecule has 0 bridgehead atoms. The summed E-state index contributed by atoms with van der Waals surface area (Å²) in [6.07, 6.45) is 1.90. The first-order valence-corrected chi connectivity index (χ1v) is 6.80. The zero-order valence-electron chi connectivity index (χ0n) is 11.7. The number of aryl methyl sites for hydroxylation is 1. The molecule has 1 aromatic carbocycles. The molecule has 0 aliphatic rings. The second kappa shape index (κ2) is 5.91. The highest BCUT2D eigenvalue weighted by Crippen LogP contribution is 2.29. The Hall–Kier alpha value is -1.77. The summed E-state index contributed by atoms with van der Waals surface area (Å²) in [6, 6.07) is 7.15. The summed E-state index contributed by atoms with van der Waals surface area (Å²) in [7, 11) is 0. The van der Waals surface area contributed by atoms with Gasteiger partial charge < -0.3 is 9.15 Å². The Kier molecular flexibility index (Phi) is 4.25. The molecule has 19 heavy (non-hydrogen) atoms. The smallest absolute Gasteiger partial charge is 0.336 e. The van der Waals surface area contributed by atoms with Crippen LogP contribution in [0.4, 0.5) is 0 Å². The molecule has 102 valence electrons. The second-order valence-electron chi connectivity index (χ2n) is 5.08. The van der Waals surface area contributed by atoms with Crippen LogP contribution in [0.3, 0.4) is 0 Å². The van der Waals surface area contributed by atoms with Gasteiger partial charge in [-0.25, -0.2) is 4.79 Å². The van der Waals surface area contributed by atoms with Gasteiger partial charge in [0.25, 0.3) is 0 Å². The van der Waals surface area contributed by atoms with Gasteiger partial charge in [0.15, 0.2) is 0 Å². The summed E-state index contributed by atoms with van der Waals surface area (Å²) >= 11 is 0. The number of rotatable bonds is 5. The van der Waals surface area contributed by atoms with E-state index in [0.717, 1.165) is 29.5 Å². The van der Waals surface area contributed by atoms with Crippen LogP contribution in [0.2, 0.25) is 0 Å². The standard InChI is InChI=1S/C16H20O3/c1-4-18-14-9-6-12-7-10-15(17)19-16(12)13(14)8-5-11(2)3/h6-7,9-11H,4-5,8H2,1-3H3. The van der Waals surface area contributed by atoms with Crippen LogP contribution in [0.5, 0.6) is 5.75 Å². The predicted octanol–water partition coefficient (Wildman–Crippen LogP) is 3.78. The fraction of sp³-hybridized carbons (Fsp3) is 0.438. The maximum absolute atomic E-state index is 11.4. The van der Waals surface area contributed by atoms with Gasteiger partial charge in [-0.1, -0.05) is 13.8 Å². The SMILES string of the molecule is CCOc1ccc2ccc(=O)oc2c1CCC(C)C. The third-order valence-corrected chi connectivity index (χ3v) is 3.12. The summed E-state index contributed by atoms with van der Waals surface area (Å²) in [6.45, 7) is 6.93. The Morgan fingerprint density at radius 2 is 1.95 bits per heavy atom. The second-order valence-corrected chi connectivity index (χ2v) is 5.08. The summed E-state index contributed by atoms with van der Waals surface area (Å²) < 4.78 is 11.0. The van der Waals surface area contributed by atoms with Gasteiger partial charge in [-0.05, 0) is 43.9 Å². The summed E-state index contributed by atoms with van der Waals surface area (Å²) in [5.41, 5.74) is 1.36. The van der Waals surface area contributed by atoms with Gasteiger partial charge in [-0.3, -0.25) is 0 Å². The van der Waals surface area contributed by atoms with Crippen LogP contribution in [0, 0.1) is 5.92 Å². The summed E-state index contributed by atoms with van der Waals surface area (Å²) in [5, 5.41) is 0.946. The van der Waals surface area contributed by atoms with Gasteiger partial charge in [-0.2, -0.15) is 0 Å². The van der Waals surface area contributed by atoms with Gasteiger partial charge in [0.05, 0.1) is 6.61 Å². The van der Waals surface area contributed by atoms with Crippen molar-refractivity contribution in [2.45, 2.75) is 33.6 Å². The van der Waals surface area contributed by atoms with Crippen LogP contribution in [-0.2, 0) is 6.42 Å². The molecular weight excluding hydrogens is 240 g/mol. The van der Waals surface area contributed by atoms with Crippen molar-refractivity contribution in [2.24, 2.45) is 5.92 Å². The van der Waals surface area contributed by atoms with Crippen molar-refractivity contribution in [3.8, 4) is 5.75 Å². The number of fused-ring (bicyclic) bond motifs is 1. The lowest BCUT2D eigenvalue weighted by atomic mass is 10.00. The molecule has 0 fully saturated rings. The third kappa shape index (κ3) is 3.16. The fourth-order valence-corrected chi connectivity index (χ4v) is 2.13. The minimum atomic E-state index is -0.313. The Balaban J connectivity index is 2.54. The van der Waals surface area contributed by atoms with Crippen LogP contribution in [-0.4, -0.2) is 6.61 Å². The number of hydrogen-bond donors (Lipinski definition) is 0. The highest BCUT2D eigenvalue weighted by atomic mass is 16.5. The van der Waals surface area contributed by atoms with Crippen molar-refractivity contribution < 1.29 is 9.15 Å². The molecule has 3 nitrogen and oxygen atoms in total.